The highest BCUT2D eigenvalue weighted by atomic mass is 35.5. The second-order valence-corrected chi connectivity index (χ2v) is 7.00. The van der Waals surface area contributed by atoms with E-state index in [1.807, 2.05) is 24.3 Å². The van der Waals surface area contributed by atoms with Gasteiger partial charge < -0.3 is 10.6 Å². The fraction of sp³-hybridized carbons (Fsp3) is 0.412. The Morgan fingerprint density at radius 1 is 1.35 bits per heavy atom. The van der Waals surface area contributed by atoms with Gasteiger partial charge in [0.1, 0.15) is 0 Å². The number of aliphatic imine (C=N–C) groups is 1. The molecule has 2 N–H and O–H groups in total. The van der Waals surface area contributed by atoms with Crippen molar-refractivity contribution in [2.24, 2.45) is 4.99 Å². The van der Waals surface area contributed by atoms with Gasteiger partial charge in [-0.2, -0.15) is 0 Å². The Labute approximate surface area is 147 Å². The zero-order valence-corrected chi connectivity index (χ0v) is 15.5. The quantitative estimate of drug-likeness (QED) is 0.622. The zero-order chi connectivity index (χ0) is 16.8. The summed E-state index contributed by atoms with van der Waals surface area (Å²) >= 11 is 7.75. The summed E-state index contributed by atoms with van der Waals surface area (Å²) in [4.78, 5) is 8.89. The van der Waals surface area contributed by atoms with Crippen molar-refractivity contribution in [3.8, 4) is 0 Å². The van der Waals surface area contributed by atoms with Crippen LogP contribution in [0.15, 0.2) is 34.6 Å². The van der Waals surface area contributed by atoms with E-state index in [-0.39, 0.29) is 6.04 Å². The molecule has 0 aliphatic carbocycles. The molecule has 0 bridgehead atoms. The second kappa shape index (κ2) is 8.31. The molecule has 0 spiro atoms. The van der Waals surface area contributed by atoms with Crippen molar-refractivity contribution in [1.29, 1.82) is 0 Å². The fourth-order valence-corrected chi connectivity index (χ4v) is 3.14. The molecule has 4 nitrogen and oxygen atoms in total. The normalized spacial score (nSPS) is 13.2. The van der Waals surface area contributed by atoms with Gasteiger partial charge in [-0.05, 0) is 24.6 Å². The minimum Gasteiger partial charge on any atom is -0.351 e. The Balaban J connectivity index is 1.92. The van der Waals surface area contributed by atoms with Gasteiger partial charge in [-0.3, -0.25) is 4.99 Å². The van der Waals surface area contributed by atoms with Crippen LogP contribution in [-0.4, -0.2) is 18.0 Å². The molecule has 1 aromatic carbocycles. The molecule has 1 heterocycles. The van der Waals surface area contributed by atoms with E-state index in [2.05, 4.69) is 46.8 Å². The van der Waals surface area contributed by atoms with Gasteiger partial charge >= 0.3 is 0 Å². The van der Waals surface area contributed by atoms with Crippen LogP contribution in [0.1, 0.15) is 49.0 Å². The van der Waals surface area contributed by atoms with Gasteiger partial charge in [-0.1, -0.05) is 37.6 Å². The van der Waals surface area contributed by atoms with Crippen LogP contribution in [0.5, 0.6) is 0 Å². The molecule has 23 heavy (non-hydrogen) atoms. The molecule has 2 rings (SSSR count). The van der Waals surface area contributed by atoms with Gasteiger partial charge in [-0.15, -0.1) is 11.3 Å². The first-order valence-corrected chi connectivity index (χ1v) is 8.92. The molecular weight excluding hydrogens is 328 g/mol. The molecule has 0 radical (unpaired) electrons. The van der Waals surface area contributed by atoms with Crippen LogP contribution in [0.4, 0.5) is 0 Å². The van der Waals surface area contributed by atoms with E-state index >= 15 is 0 Å². The highest BCUT2D eigenvalue weighted by Gasteiger charge is 2.10. The van der Waals surface area contributed by atoms with Crippen LogP contribution in [0.25, 0.3) is 0 Å². The number of aromatic nitrogens is 1. The lowest BCUT2D eigenvalue weighted by molar-refractivity contribution is 0.682. The van der Waals surface area contributed by atoms with Crippen LogP contribution in [0.2, 0.25) is 5.02 Å². The number of guanidine groups is 1. The van der Waals surface area contributed by atoms with Gasteiger partial charge in [0.2, 0.25) is 0 Å². The first kappa shape index (κ1) is 17.8. The molecule has 0 saturated carbocycles. The van der Waals surface area contributed by atoms with E-state index in [0.717, 1.165) is 27.2 Å². The SMILES string of the molecule is CN=C(NCc1csc(C(C)C)n1)NC(C)c1cccc(Cl)c1. The van der Waals surface area contributed by atoms with Crippen molar-refractivity contribution in [1.82, 2.24) is 15.6 Å². The summed E-state index contributed by atoms with van der Waals surface area (Å²) in [6.07, 6.45) is 0. The smallest absolute Gasteiger partial charge is 0.191 e. The minimum atomic E-state index is 0.113. The predicted molar refractivity (Wildman–Crippen MR) is 99.4 cm³/mol. The van der Waals surface area contributed by atoms with Crippen LogP contribution < -0.4 is 10.6 Å². The first-order chi connectivity index (χ1) is 11.0. The van der Waals surface area contributed by atoms with Crippen LogP contribution in [0, 0.1) is 0 Å². The first-order valence-electron chi connectivity index (χ1n) is 7.66. The van der Waals surface area contributed by atoms with Crippen molar-refractivity contribution < 1.29 is 0 Å². The number of nitrogens with one attached hydrogen (secondary N) is 2. The number of rotatable bonds is 5. The summed E-state index contributed by atoms with van der Waals surface area (Å²) in [7, 11) is 1.76. The lowest BCUT2D eigenvalue weighted by Crippen LogP contribution is -2.38. The summed E-state index contributed by atoms with van der Waals surface area (Å²) < 4.78 is 0. The largest absolute Gasteiger partial charge is 0.351 e. The third-order valence-corrected chi connectivity index (χ3v) is 4.86. The fourth-order valence-electron chi connectivity index (χ4n) is 2.10. The summed E-state index contributed by atoms with van der Waals surface area (Å²) in [5.74, 6) is 1.21. The molecule has 0 amide bonds. The highest BCUT2D eigenvalue weighted by Crippen LogP contribution is 2.19. The lowest BCUT2D eigenvalue weighted by atomic mass is 10.1. The van der Waals surface area contributed by atoms with Crippen molar-refractivity contribution in [3.63, 3.8) is 0 Å². The molecule has 124 valence electrons. The maximum Gasteiger partial charge on any atom is 0.191 e. The van der Waals surface area contributed by atoms with Crippen molar-refractivity contribution in [2.75, 3.05) is 7.05 Å². The van der Waals surface area contributed by atoms with Crippen molar-refractivity contribution >= 4 is 28.9 Å². The van der Waals surface area contributed by atoms with E-state index < -0.39 is 0 Å². The maximum atomic E-state index is 6.05. The van der Waals surface area contributed by atoms with Gasteiger partial charge in [0, 0.05) is 23.4 Å². The van der Waals surface area contributed by atoms with E-state index in [1.165, 1.54) is 0 Å². The van der Waals surface area contributed by atoms with E-state index in [1.54, 1.807) is 18.4 Å². The Kier molecular flexibility index (Phi) is 6.42. The average molecular weight is 351 g/mol. The summed E-state index contributed by atoms with van der Waals surface area (Å²) in [6, 6.07) is 7.95. The van der Waals surface area contributed by atoms with Crippen LogP contribution in [0.3, 0.4) is 0 Å². The third-order valence-electron chi connectivity index (χ3n) is 3.43. The number of thiazole rings is 1. The molecule has 1 aromatic heterocycles. The molecule has 1 atom stereocenters. The number of nitrogens with zero attached hydrogens (tertiary/aromatic N) is 2. The van der Waals surface area contributed by atoms with Crippen molar-refractivity contribution in [3.05, 3.63) is 50.9 Å². The number of hydrogen-bond donors (Lipinski definition) is 2. The number of hydrogen-bond acceptors (Lipinski definition) is 3. The highest BCUT2D eigenvalue weighted by molar-refractivity contribution is 7.09. The minimum absolute atomic E-state index is 0.113. The lowest BCUT2D eigenvalue weighted by Gasteiger charge is -2.18. The van der Waals surface area contributed by atoms with E-state index in [0.29, 0.717) is 12.5 Å². The van der Waals surface area contributed by atoms with Crippen LogP contribution >= 0.6 is 22.9 Å². The van der Waals surface area contributed by atoms with Gasteiger partial charge in [0.25, 0.3) is 0 Å². The monoisotopic (exact) mass is 350 g/mol. The zero-order valence-electron chi connectivity index (χ0n) is 13.9. The van der Waals surface area contributed by atoms with E-state index in [4.69, 9.17) is 11.6 Å². The molecule has 6 heteroatoms. The molecule has 0 fully saturated rings. The second-order valence-electron chi connectivity index (χ2n) is 5.68. The molecular formula is C17H23ClN4S. The average Bonchev–Trinajstić information content (AvgIpc) is 3.00. The summed E-state index contributed by atoms with van der Waals surface area (Å²) in [5.41, 5.74) is 2.16. The molecule has 0 aliphatic rings. The Hall–Kier alpha value is -1.59. The Bertz CT molecular complexity index is 666. The Morgan fingerprint density at radius 3 is 2.74 bits per heavy atom. The van der Waals surface area contributed by atoms with Gasteiger partial charge in [-0.25, -0.2) is 4.98 Å². The number of benzene rings is 1. The molecule has 1 unspecified atom stereocenters. The van der Waals surface area contributed by atoms with Gasteiger partial charge in [0.15, 0.2) is 5.96 Å². The summed E-state index contributed by atoms with van der Waals surface area (Å²) in [5, 5.41) is 10.7. The molecule has 0 aliphatic heterocycles. The predicted octanol–water partition coefficient (Wildman–Crippen LogP) is 4.35. The van der Waals surface area contributed by atoms with Gasteiger partial charge in [0.05, 0.1) is 23.3 Å². The topological polar surface area (TPSA) is 49.3 Å². The van der Waals surface area contributed by atoms with E-state index in [9.17, 15) is 0 Å². The number of halogens is 1. The van der Waals surface area contributed by atoms with Crippen molar-refractivity contribution in [2.45, 2.75) is 39.3 Å². The molecule has 0 saturated heterocycles. The third kappa shape index (κ3) is 5.22. The standard InChI is InChI=1S/C17H23ClN4S/c1-11(2)16-22-15(10-23-16)9-20-17(19-4)21-12(3)13-6-5-7-14(18)8-13/h5-8,10-12H,9H2,1-4H3,(H2,19,20,21). The molecule has 2 aromatic rings. The summed E-state index contributed by atoms with van der Waals surface area (Å²) in [6.45, 7) is 7.05. The maximum absolute atomic E-state index is 6.05. The van der Waals surface area contributed by atoms with Crippen LogP contribution in [-0.2, 0) is 6.54 Å². The Morgan fingerprint density at radius 2 is 2.13 bits per heavy atom.